The van der Waals surface area contributed by atoms with Crippen molar-refractivity contribution in [3.8, 4) is 0 Å². The summed E-state index contributed by atoms with van der Waals surface area (Å²) in [5.74, 6) is 0.136. The molecule has 3 N–H and O–H groups in total. The molecule has 12 nitrogen and oxygen atoms in total. The summed E-state index contributed by atoms with van der Waals surface area (Å²) in [4.78, 5) is 33.7. The van der Waals surface area contributed by atoms with Gasteiger partial charge in [-0.1, -0.05) is 0 Å². The van der Waals surface area contributed by atoms with E-state index in [1.807, 2.05) is 0 Å². The van der Waals surface area contributed by atoms with Crippen LogP contribution in [0.2, 0.25) is 0 Å². The Hall–Kier alpha value is -1.51. The molecule has 0 aromatic carbocycles. The van der Waals surface area contributed by atoms with Crippen molar-refractivity contribution in [2.75, 3.05) is 39.3 Å². The molecule has 0 unspecified atom stereocenters. The number of rotatable bonds is 8. The number of urea groups is 1. The van der Waals surface area contributed by atoms with Crippen LogP contribution in [-0.4, -0.2) is 97.2 Å². The summed E-state index contributed by atoms with van der Waals surface area (Å²) in [6.07, 6.45) is 1.71. The normalized spacial score (nSPS) is 32.8. The van der Waals surface area contributed by atoms with E-state index in [2.05, 4.69) is 20.0 Å². The predicted octanol–water partition coefficient (Wildman–Crippen LogP) is -1.67. The molecule has 0 spiro atoms. The van der Waals surface area contributed by atoms with Gasteiger partial charge in [0.05, 0.1) is 12.6 Å². The van der Waals surface area contributed by atoms with E-state index in [9.17, 15) is 18.0 Å². The Morgan fingerprint density at radius 3 is 2.82 bits per heavy atom. The third-order valence-electron chi connectivity index (χ3n) is 5.63. The Balaban J connectivity index is 1.22. The summed E-state index contributed by atoms with van der Waals surface area (Å²) in [5, 5.41) is 4.00. The van der Waals surface area contributed by atoms with Crippen LogP contribution in [0.5, 0.6) is 0 Å². The van der Waals surface area contributed by atoms with E-state index in [4.69, 9.17) is 9.39 Å². The Morgan fingerprint density at radius 1 is 1.32 bits per heavy atom. The molecule has 4 rings (SSSR count). The average Bonchev–Trinajstić information content (AvgIpc) is 3.29. The first kappa shape index (κ1) is 19.8. The minimum atomic E-state index is -4.81. The molecule has 0 radical (unpaired) electrons. The zero-order valence-corrected chi connectivity index (χ0v) is 16.1. The van der Waals surface area contributed by atoms with Crippen LogP contribution in [0.15, 0.2) is 0 Å². The maximum absolute atomic E-state index is 12.4. The predicted molar refractivity (Wildman–Crippen MR) is 93.8 cm³/mol. The van der Waals surface area contributed by atoms with E-state index in [1.165, 1.54) is 18.0 Å². The highest BCUT2D eigenvalue weighted by atomic mass is 32.3. The van der Waals surface area contributed by atoms with Gasteiger partial charge >= 0.3 is 16.4 Å². The van der Waals surface area contributed by atoms with Gasteiger partial charge < -0.3 is 15.1 Å². The molecular formula is C15H25N5O7S. The largest absolute Gasteiger partial charge is 0.418 e. The van der Waals surface area contributed by atoms with Crippen LogP contribution in [0.1, 0.15) is 19.3 Å². The van der Waals surface area contributed by atoms with E-state index >= 15 is 0 Å². The highest BCUT2D eigenvalue weighted by molar-refractivity contribution is 7.80. The fourth-order valence-corrected chi connectivity index (χ4v) is 4.56. The lowest BCUT2D eigenvalue weighted by Crippen LogP contribution is -2.50. The van der Waals surface area contributed by atoms with Crippen LogP contribution in [0.25, 0.3) is 0 Å². The molecule has 2 bridgehead atoms. The number of nitrogens with zero attached hydrogens (tertiary/aromatic N) is 3. The molecule has 3 amide bonds. The highest BCUT2D eigenvalue weighted by Crippen LogP contribution is 2.30. The van der Waals surface area contributed by atoms with Crippen LogP contribution in [0, 0.1) is 5.92 Å². The maximum atomic E-state index is 12.4. The zero-order valence-electron chi connectivity index (χ0n) is 15.3. The van der Waals surface area contributed by atoms with E-state index in [0.717, 1.165) is 19.5 Å². The molecule has 4 heterocycles. The number of hydroxylamine groups is 3. The first-order valence-corrected chi connectivity index (χ1v) is 10.8. The van der Waals surface area contributed by atoms with Gasteiger partial charge in [0.1, 0.15) is 6.04 Å². The number of carbonyl (C=O) groups excluding carboxylic acids is 2. The monoisotopic (exact) mass is 419 g/mol. The first-order valence-electron chi connectivity index (χ1n) is 9.44. The van der Waals surface area contributed by atoms with Gasteiger partial charge in [0, 0.05) is 32.2 Å². The molecule has 158 valence electrons. The fraction of sp³-hybridized carbons (Fsp3) is 0.867. The number of hydrogen-bond donors (Lipinski definition) is 3. The van der Waals surface area contributed by atoms with E-state index in [-0.39, 0.29) is 12.6 Å². The van der Waals surface area contributed by atoms with E-state index < -0.39 is 34.4 Å². The Morgan fingerprint density at radius 2 is 2.11 bits per heavy atom. The standard InChI is InChI=1S/C15H25N5O7S/c21-14(17-26-9-11-5-10(6-16-11)7-18-3-4-18)13-2-1-12-8-19(13)15(22)20(12)27-28(23,24)25/h10-13,16H,1-9H2,(H,17,21)(H,23,24,25)/t10-,11+,12+,13-/m0/s1. The molecule has 13 heteroatoms. The number of amides is 3. The van der Waals surface area contributed by atoms with Gasteiger partial charge in [-0.15, -0.1) is 4.28 Å². The minimum Gasteiger partial charge on any atom is -0.311 e. The van der Waals surface area contributed by atoms with Crippen molar-refractivity contribution in [3.05, 3.63) is 0 Å². The molecule has 4 saturated heterocycles. The number of piperidine rings is 1. The Labute approximate surface area is 163 Å². The first-order chi connectivity index (χ1) is 13.3. The zero-order chi connectivity index (χ0) is 19.9. The fourth-order valence-electron chi connectivity index (χ4n) is 4.17. The Kier molecular flexibility index (Phi) is 5.46. The van der Waals surface area contributed by atoms with Crippen molar-refractivity contribution in [2.24, 2.45) is 5.92 Å². The SMILES string of the molecule is O=C(NOC[C@H]1C[C@H](CN2CC2)CN1)[C@@H]1CC[C@@H]2CN1C(=O)N2OS(=O)(=O)O. The van der Waals surface area contributed by atoms with Crippen LogP contribution in [-0.2, 0) is 24.3 Å². The van der Waals surface area contributed by atoms with Gasteiger partial charge in [-0.3, -0.25) is 14.2 Å². The summed E-state index contributed by atoms with van der Waals surface area (Å²) in [6.45, 7) is 4.88. The molecule has 4 aliphatic rings. The van der Waals surface area contributed by atoms with Crippen molar-refractivity contribution < 1.29 is 31.7 Å². The molecule has 0 aromatic rings. The molecule has 4 aliphatic heterocycles. The van der Waals surface area contributed by atoms with Gasteiger partial charge in [-0.05, 0) is 31.7 Å². The number of fused-ring (bicyclic) bond motifs is 2. The van der Waals surface area contributed by atoms with Gasteiger partial charge in [0.25, 0.3) is 5.91 Å². The van der Waals surface area contributed by atoms with Crippen molar-refractivity contribution in [2.45, 2.75) is 37.4 Å². The van der Waals surface area contributed by atoms with Gasteiger partial charge in [0.15, 0.2) is 0 Å². The van der Waals surface area contributed by atoms with Crippen molar-refractivity contribution >= 4 is 22.3 Å². The molecule has 0 saturated carbocycles. The Bertz CT molecular complexity index is 730. The van der Waals surface area contributed by atoms with Crippen LogP contribution in [0.4, 0.5) is 4.79 Å². The van der Waals surface area contributed by atoms with Crippen molar-refractivity contribution in [1.29, 1.82) is 0 Å². The van der Waals surface area contributed by atoms with Crippen LogP contribution < -0.4 is 10.8 Å². The van der Waals surface area contributed by atoms with Crippen molar-refractivity contribution in [3.63, 3.8) is 0 Å². The maximum Gasteiger partial charge on any atom is 0.418 e. The second kappa shape index (κ2) is 7.72. The molecular weight excluding hydrogens is 394 g/mol. The molecule has 28 heavy (non-hydrogen) atoms. The summed E-state index contributed by atoms with van der Waals surface area (Å²) < 4.78 is 35.0. The van der Waals surface area contributed by atoms with Crippen LogP contribution >= 0.6 is 0 Å². The quantitative estimate of drug-likeness (QED) is 0.239. The smallest absolute Gasteiger partial charge is 0.311 e. The molecule has 4 atom stereocenters. The summed E-state index contributed by atoms with van der Waals surface area (Å²) in [6, 6.07) is -1.89. The lowest BCUT2D eigenvalue weighted by molar-refractivity contribution is -0.139. The number of hydrogen-bond acceptors (Lipinski definition) is 8. The molecule has 4 fully saturated rings. The summed E-state index contributed by atoms with van der Waals surface area (Å²) >= 11 is 0. The third kappa shape index (κ3) is 4.55. The van der Waals surface area contributed by atoms with Gasteiger partial charge in [0.2, 0.25) is 0 Å². The lowest BCUT2D eigenvalue weighted by atomic mass is 10.0. The van der Waals surface area contributed by atoms with Crippen LogP contribution in [0.3, 0.4) is 0 Å². The molecule has 0 aliphatic carbocycles. The van der Waals surface area contributed by atoms with E-state index in [0.29, 0.717) is 30.4 Å². The second-order valence-electron chi connectivity index (χ2n) is 7.79. The van der Waals surface area contributed by atoms with Crippen molar-refractivity contribution in [1.82, 2.24) is 25.7 Å². The van der Waals surface area contributed by atoms with Gasteiger partial charge in [-0.25, -0.2) is 10.3 Å². The number of carbonyl (C=O) groups is 2. The number of nitrogens with one attached hydrogen (secondary N) is 2. The van der Waals surface area contributed by atoms with Gasteiger partial charge in [-0.2, -0.15) is 13.5 Å². The third-order valence-corrected chi connectivity index (χ3v) is 5.98. The van der Waals surface area contributed by atoms with E-state index in [1.54, 1.807) is 0 Å². The second-order valence-corrected chi connectivity index (χ2v) is 8.80. The summed E-state index contributed by atoms with van der Waals surface area (Å²) in [5.41, 5.74) is 2.40. The molecule has 0 aromatic heterocycles. The topological polar surface area (TPSA) is 141 Å². The highest BCUT2D eigenvalue weighted by Gasteiger charge is 2.49. The minimum absolute atomic E-state index is 0.148. The average molecular weight is 419 g/mol. The summed E-state index contributed by atoms with van der Waals surface area (Å²) in [7, 11) is -4.81. The lowest BCUT2D eigenvalue weighted by Gasteiger charge is -2.29.